The third-order valence-corrected chi connectivity index (χ3v) is 4.87. The highest BCUT2D eigenvalue weighted by atomic mass is 35.5. The molecular weight excluding hydrogens is 270 g/mol. The van der Waals surface area contributed by atoms with E-state index in [1.165, 1.54) is 19.3 Å². The SMILES string of the molecule is Cc1nn(C)c(CNC2CC(C)(C)CC(C)(C)C2)c1Cl. The van der Waals surface area contributed by atoms with Crippen LogP contribution >= 0.6 is 11.6 Å². The normalized spacial score (nSPS) is 22.1. The molecule has 0 bridgehead atoms. The largest absolute Gasteiger partial charge is 0.308 e. The average molecular weight is 298 g/mol. The first-order valence-electron chi connectivity index (χ1n) is 7.51. The van der Waals surface area contributed by atoms with Crippen LogP contribution in [0.3, 0.4) is 0 Å². The lowest BCUT2D eigenvalue weighted by Gasteiger charge is -2.45. The number of aryl methyl sites for hydroxylation is 2. The molecule has 1 aromatic rings. The van der Waals surface area contributed by atoms with Crippen LogP contribution in [0.25, 0.3) is 0 Å². The molecule has 0 spiro atoms. The number of rotatable bonds is 3. The Balaban J connectivity index is 2.03. The van der Waals surface area contributed by atoms with Crippen LogP contribution in [0.4, 0.5) is 0 Å². The van der Waals surface area contributed by atoms with Crippen LogP contribution < -0.4 is 5.32 Å². The van der Waals surface area contributed by atoms with Crippen LogP contribution in [0, 0.1) is 17.8 Å². The lowest BCUT2D eigenvalue weighted by atomic mass is 9.63. The average Bonchev–Trinajstić information content (AvgIpc) is 2.46. The van der Waals surface area contributed by atoms with Crippen LogP contribution in [-0.2, 0) is 13.6 Å². The summed E-state index contributed by atoms with van der Waals surface area (Å²) in [6.45, 7) is 12.3. The zero-order valence-electron chi connectivity index (χ0n) is 13.7. The summed E-state index contributed by atoms with van der Waals surface area (Å²) in [6.07, 6.45) is 3.75. The molecule has 1 N–H and O–H groups in total. The fourth-order valence-corrected chi connectivity index (χ4v) is 4.33. The molecule has 0 unspecified atom stereocenters. The Morgan fingerprint density at radius 2 is 1.80 bits per heavy atom. The van der Waals surface area contributed by atoms with E-state index in [-0.39, 0.29) is 0 Å². The molecule has 4 heteroatoms. The molecule has 0 aromatic carbocycles. The molecule has 3 nitrogen and oxygen atoms in total. The number of hydrogen-bond donors (Lipinski definition) is 1. The van der Waals surface area contributed by atoms with Crippen molar-refractivity contribution in [2.45, 2.75) is 66.5 Å². The quantitative estimate of drug-likeness (QED) is 0.911. The van der Waals surface area contributed by atoms with E-state index in [0.717, 1.165) is 23.0 Å². The molecule has 1 aromatic heterocycles. The van der Waals surface area contributed by atoms with Crippen molar-refractivity contribution in [3.05, 3.63) is 16.4 Å². The van der Waals surface area contributed by atoms with Gasteiger partial charge in [-0.15, -0.1) is 0 Å². The highest BCUT2D eigenvalue weighted by Gasteiger charge is 2.38. The van der Waals surface area contributed by atoms with Gasteiger partial charge < -0.3 is 5.32 Å². The Hall–Kier alpha value is -0.540. The van der Waals surface area contributed by atoms with Crippen molar-refractivity contribution >= 4 is 11.6 Å². The zero-order chi connectivity index (χ0) is 15.1. The van der Waals surface area contributed by atoms with Gasteiger partial charge in [-0.05, 0) is 37.0 Å². The van der Waals surface area contributed by atoms with Crippen molar-refractivity contribution < 1.29 is 0 Å². The number of halogens is 1. The summed E-state index contributed by atoms with van der Waals surface area (Å²) in [6, 6.07) is 0.556. The minimum Gasteiger partial charge on any atom is -0.308 e. The summed E-state index contributed by atoms with van der Waals surface area (Å²) in [5.41, 5.74) is 2.82. The second-order valence-electron chi connectivity index (χ2n) is 7.96. The molecule has 1 aliphatic carbocycles. The minimum atomic E-state index is 0.408. The first-order chi connectivity index (χ1) is 9.10. The summed E-state index contributed by atoms with van der Waals surface area (Å²) in [5, 5.41) is 8.88. The van der Waals surface area contributed by atoms with Gasteiger partial charge in [0.05, 0.1) is 16.4 Å². The van der Waals surface area contributed by atoms with E-state index >= 15 is 0 Å². The maximum atomic E-state index is 6.32. The Morgan fingerprint density at radius 1 is 1.25 bits per heavy atom. The predicted molar refractivity (Wildman–Crippen MR) is 85.0 cm³/mol. The fourth-order valence-electron chi connectivity index (χ4n) is 4.10. The third kappa shape index (κ3) is 3.56. The van der Waals surface area contributed by atoms with Crippen LogP contribution in [0.5, 0.6) is 0 Å². The fraction of sp³-hybridized carbons (Fsp3) is 0.812. The summed E-state index contributed by atoms with van der Waals surface area (Å²) in [5.74, 6) is 0. The van der Waals surface area contributed by atoms with Gasteiger partial charge in [-0.1, -0.05) is 39.3 Å². The van der Waals surface area contributed by atoms with Gasteiger partial charge in [-0.2, -0.15) is 5.10 Å². The van der Waals surface area contributed by atoms with Gasteiger partial charge in [0.1, 0.15) is 0 Å². The first kappa shape index (κ1) is 15.8. The molecule has 0 aliphatic heterocycles. The van der Waals surface area contributed by atoms with Crippen LogP contribution in [0.15, 0.2) is 0 Å². The zero-order valence-corrected chi connectivity index (χ0v) is 14.4. The van der Waals surface area contributed by atoms with Crippen molar-refractivity contribution in [2.24, 2.45) is 17.9 Å². The highest BCUT2D eigenvalue weighted by Crippen LogP contribution is 2.45. The minimum absolute atomic E-state index is 0.408. The summed E-state index contributed by atoms with van der Waals surface area (Å²) >= 11 is 6.32. The third-order valence-electron chi connectivity index (χ3n) is 4.37. The standard InChI is InChI=1S/C16H28ClN3/c1-11-14(17)13(20(6)19-11)9-18-12-7-15(2,3)10-16(4,5)8-12/h12,18H,7-10H2,1-6H3. The van der Waals surface area contributed by atoms with Gasteiger partial charge in [0.2, 0.25) is 0 Å². The Kier molecular flexibility index (Phi) is 4.23. The van der Waals surface area contributed by atoms with Gasteiger partial charge in [0.15, 0.2) is 0 Å². The topological polar surface area (TPSA) is 29.9 Å². The molecule has 0 radical (unpaired) electrons. The molecule has 1 aliphatic rings. The smallest absolute Gasteiger partial charge is 0.0860 e. The van der Waals surface area contributed by atoms with E-state index in [9.17, 15) is 0 Å². The maximum Gasteiger partial charge on any atom is 0.0860 e. The van der Waals surface area contributed by atoms with E-state index in [1.54, 1.807) is 0 Å². The van der Waals surface area contributed by atoms with Crippen LogP contribution in [-0.4, -0.2) is 15.8 Å². The molecule has 1 saturated carbocycles. The second kappa shape index (κ2) is 5.34. The summed E-state index contributed by atoms with van der Waals surface area (Å²) in [4.78, 5) is 0. The van der Waals surface area contributed by atoms with E-state index in [2.05, 4.69) is 38.1 Å². The lowest BCUT2D eigenvalue weighted by molar-refractivity contribution is 0.0842. The molecule has 2 rings (SSSR count). The van der Waals surface area contributed by atoms with E-state index in [0.29, 0.717) is 16.9 Å². The molecule has 0 atom stereocenters. The van der Waals surface area contributed by atoms with Crippen LogP contribution in [0.1, 0.15) is 58.3 Å². The molecule has 1 fully saturated rings. The second-order valence-corrected chi connectivity index (χ2v) is 8.34. The predicted octanol–water partition coefficient (Wildman–Crippen LogP) is 4.08. The van der Waals surface area contributed by atoms with Gasteiger partial charge in [-0.25, -0.2) is 0 Å². The van der Waals surface area contributed by atoms with Crippen molar-refractivity contribution in [1.82, 2.24) is 15.1 Å². The van der Waals surface area contributed by atoms with Crippen molar-refractivity contribution in [3.63, 3.8) is 0 Å². The Bertz CT molecular complexity index is 472. The molecule has 0 amide bonds. The summed E-state index contributed by atoms with van der Waals surface area (Å²) in [7, 11) is 1.96. The molecule has 1 heterocycles. The first-order valence-corrected chi connectivity index (χ1v) is 7.89. The maximum absolute atomic E-state index is 6.32. The van der Waals surface area contributed by atoms with E-state index in [4.69, 9.17) is 11.6 Å². The summed E-state index contributed by atoms with van der Waals surface area (Å²) < 4.78 is 1.89. The van der Waals surface area contributed by atoms with Gasteiger partial charge in [0, 0.05) is 19.6 Å². The molecule has 0 saturated heterocycles. The highest BCUT2D eigenvalue weighted by molar-refractivity contribution is 6.31. The number of nitrogens with zero attached hydrogens (tertiary/aromatic N) is 2. The van der Waals surface area contributed by atoms with Crippen molar-refractivity contribution in [2.75, 3.05) is 0 Å². The van der Waals surface area contributed by atoms with Gasteiger partial charge in [-0.3, -0.25) is 4.68 Å². The lowest BCUT2D eigenvalue weighted by Crippen LogP contribution is -2.43. The Morgan fingerprint density at radius 3 is 2.25 bits per heavy atom. The van der Waals surface area contributed by atoms with Crippen molar-refractivity contribution in [3.8, 4) is 0 Å². The van der Waals surface area contributed by atoms with Gasteiger partial charge in [0.25, 0.3) is 0 Å². The van der Waals surface area contributed by atoms with Crippen LogP contribution in [0.2, 0.25) is 5.02 Å². The van der Waals surface area contributed by atoms with Gasteiger partial charge >= 0.3 is 0 Å². The number of hydrogen-bond acceptors (Lipinski definition) is 2. The van der Waals surface area contributed by atoms with E-state index in [1.807, 2.05) is 18.7 Å². The Labute approximate surface area is 128 Å². The monoisotopic (exact) mass is 297 g/mol. The molecule has 114 valence electrons. The number of aromatic nitrogens is 2. The molecule has 20 heavy (non-hydrogen) atoms. The van der Waals surface area contributed by atoms with E-state index < -0.39 is 0 Å². The number of nitrogens with one attached hydrogen (secondary N) is 1. The van der Waals surface area contributed by atoms with Crippen molar-refractivity contribution in [1.29, 1.82) is 0 Å². The molecular formula is C16H28ClN3.